The Morgan fingerprint density at radius 3 is 2.41 bits per heavy atom. The summed E-state index contributed by atoms with van der Waals surface area (Å²) in [6.45, 7) is 1.82. The van der Waals surface area contributed by atoms with Gasteiger partial charge in [0.25, 0.3) is 0 Å². The van der Waals surface area contributed by atoms with E-state index in [-0.39, 0.29) is 22.8 Å². The van der Waals surface area contributed by atoms with E-state index < -0.39 is 21.6 Å². The summed E-state index contributed by atoms with van der Waals surface area (Å²) in [4.78, 5) is 12.4. The summed E-state index contributed by atoms with van der Waals surface area (Å²) in [6, 6.07) is 19.5. The third-order valence-corrected chi connectivity index (χ3v) is 7.48. The number of rotatable bonds is 6. The lowest BCUT2D eigenvalue weighted by atomic mass is 10.0. The van der Waals surface area contributed by atoms with Crippen LogP contribution in [0, 0.1) is 12.7 Å². The van der Waals surface area contributed by atoms with Gasteiger partial charge in [0.15, 0.2) is 0 Å². The van der Waals surface area contributed by atoms with Gasteiger partial charge in [0.2, 0.25) is 9.84 Å². The molecule has 3 aromatic carbocycles. The van der Waals surface area contributed by atoms with Crippen molar-refractivity contribution in [2.45, 2.75) is 29.7 Å². The molecule has 0 saturated heterocycles. The predicted octanol–water partition coefficient (Wildman–Crippen LogP) is 4.69. The Hall–Kier alpha value is -3.45. The Bertz CT molecular complexity index is 1410. The molecule has 0 spiro atoms. The average molecular weight is 452 g/mol. The quantitative estimate of drug-likeness (QED) is 0.399. The molecule has 4 rings (SSSR count). The first kappa shape index (κ1) is 21.8. The molecule has 5 nitrogen and oxygen atoms in total. The summed E-state index contributed by atoms with van der Waals surface area (Å²) < 4.78 is 47.3. The van der Waals surface area contributed by atoms with Crippen LogP contribution in [0.25, 0.3) is 10.9 Å². The van der Waals surface area contributed by atoms with Gasteiger partial charge in [-0.2, -0.15) is 0 Å². The molecule has 0 radical (unpaired) electrons. The number of hydrogen-bond donors (Lipinski definition) is 0. The summed E-state index contributed by atoms with van der Waals surface area (Å²) in [6.07, 6.45) is 0.266. The van der Waals surface area contributed by atoms with E-state index in [2.05, 4.69) is 0 Å². The molecule has 0 bridgehead atoms. The fourth-order valence-corrected chi connectivity index (χ4v) is 5.49. The van der Waals surface area contributed by atoms with Crippen LogP contribution in [0.3, 0.4) is 0 Å². The molecule has 0 fully saturated rings. The average Bonchev–Trinajstić information content (AvgIpc) is 3.05. The number of fused-ring (bicyclic) bond motifs is 1. The fourth-order valence-electron chi connectivity index (χ4n) is 3.97. The Kier molecular flexibility index (Phi) is 5.84. The molecule has 1 heterocycles. The zero-order valence-corrected chi connectivity index (χ0v) is 18.5. The Morgan fingerprint density at radius 2 is 1.69 bits per heavy atom. The van der Waals surface area contributed by atoms with Crippen LogP contribution < -0.4 is 0 Å². The Labute approximate surface area is 186 Å². The van der Waals surface area contributed by atoms with E-state index in [0.717, 1.165) is 11.3 Å². The lowest BCUT2D eigenvalue weighted by Crippen LogP contribution is -2.13. The van der Waals surface area contributed by atoms with Gasteiger partial charge in [0.05, 0.1) is 16.9 Å². The van der Waals surface area contributed by atoms with Crippen LogP contribution in [-0.2, 0) is 32.3 Å². The van der Waals surface area contributed by atoms with Crippen molar-refractivity contribution < 1.29 is 22.3 Å². The van der Waals surface area contributed by atoms with Crippen molar-refractivity contribution in [2.75, 3.05) is 7.11 Å². The smallest absolute Gasteiger partial charge is 0.325 e. The molecule has 0 saturated carbocycles. The third kappa shape index (κ3) is 3.91. The molecular weight excluding hydrogens is 429 g/mol. The van der Waals surface area contributed by atoms with Gasteiger partial charge in [-0.25, -0.2) is 12.8 Å². The fraction of sp³-hybridized carbons (Fsp3) is 0.160. The first-order valence-corrected chi connectivity index (χ1v) is 11.5. The minimum atomic E-state index is -3.74. The largest absolute Gasteiger partial charge is 0.468 e. The molecular formula is C25H22FNO4S. The molecule has 0 amide bonds. The number of hydrogen-bond acceptors (Lipinski definition) is 4. The summed E-state index contributed by atoms with van der Waals surface area (Å²) in [5.74, 6) is -0.827. The number of ether oxygens (including phenoxy) is 1. The van der Waals surface area contributed by atoms with Crippen molar-refractivity contribution in [3.05, 3.63) is 95.4 Å². The van der Waals surface area contributed by atoms with Crippen LogP contribution in [0.5, 0.6) is 0 Å². The molecule has 1 aromatic heterocycles. The van der Waals surface area contributed by atoms with Gasteiger partial charge in [-0.3, -0.25) is 4.79 Å². The van der Waals surface area contributed by atoms with Gasteiger partial charge < -0.3 is 9.30 Å². The maximum absolute atomic E-state index is 14.1. The molecule has 0 unspecified atom stereocenters. The van der Waals surface area contributed by atoms with E-state index >= 15 is 0 Å². The topological polar surface area (TPSA) is 65.4 Å². The highest BCUT2D eigenvalue weighted by Gasteiger charge is 2.23. The zero-order valence-electron chi connectivity index (χ0n) is 17.7. The first-order valence-electron chi connectivity index (χ1n) is 10.0. The monoisotopic (exact) mass is 451 g/mol. The van der Waals surface area contributed by atoms with Crippen molar-refractivity contribution in [2.24, 2.45) is 0 Å². The van der Waals surface area contributed by atoms with Crippen LogP contribution in [0.1, 0.15) is 16.8 Å². The van der Waals surface area contributed by atoms with Gasteiger partial charge in [-0.05, 0) is 54.4 Å². The molecule has 0 aliphatic rings. The molecule has 0 aliphatic carbocycles. The van der Waals surface area contributed by atoms with E-state index in [1.165, 1.54) is 19.2 Å². The van der Waals surface area contributed by atoms with Gasteiger partial charge in [0, 0.05) is 23.0 Å². The number of sulfone groups is 1. The number of esters is 1. The van der Waals surface area contributed by atoms with E-state index in [9.17, 15) is 17.6 Å². The summed E-state index contributed by atoms with van der Waals surface area (Å²) in [5, 5.41) is 0.637. The number of carbonyl (C=O) groups excluding carboxylic acids is 1. The van der Waals surface area contributed by atoms with Crippen LogP contribution in [-0.4, -0.2) is 26.1 Å². The molecule has 0 N–H and O–H groups in total. The number of nitrogens with zero attached hydrogens (tertiary/aromatic N) is 1. The SMILES string of the molecule is COC(=O)Cn1c(C)c(Cc2ccccc2S(=O)(=O)c2ccccc2)c2cc(F)ccc21. The van der Waals surface area contributed by atoms with Crippen molar-refractivity contribution in [1.29, 1.82) is 0 Å². The number of carbonyl (C=O) groups is 1. The third-order valence-electron chi connectivity index (χ3n) is 5.61. The Balaban J connectivity index is 1.86. The molecule has 4 aromatic rings. The van der Waals surface area contributed by atoms with Gasteiger partial charge in [-0.15, -0.1) is 0 Å². The van der Waals surface area contributed by atoms with Crippen molar-refractivity contribution in [3.63, 3.8) is 0 Å². The maximum atomic E-state index is 14.1. The zero-order chi connectivity index (χ0) is 22.9. The van der Waals surface area contributed by atoms with E-state index in [1.807, 2.05) is 6.92 Å². The van der Waals surface area contributed by atoms with E-state index in [0.29, 0.717) is 16.5 Å². The minimum absolute atomic E-state index is 0.0194. The van der Waals surface area contributed by atoms with Crippen LogP contribution in [0.2, 0.25) is 0 Å². The minimum Gasteiger partial charge on any atom is -0.468 e. The number of methoxy groups -OCH3 is 1. The normalized spacial score (nSPS) is 11.6. The number of halogens is 1. The molecule has 7 heteroatoms. The molecule has 0 atom stereocenters. The number of aromatic nitrogens is 1. The second kappa shape index (κ2) is 8.59. The molecule has 0 aliphatic heterocycles. The summed E-state index contributed by atoms with van der Waals surface area (Å²) >= 11 is 0. The lowest BCUT2D eigenvalue weighted by Gasteiger charge is -2.12. The van der Waals surface area contributed by atoms with Gasteiger partial charge in [-0.1, -0.05) is 36.4 Å². The van der Waals surface area contributed by atoms with Crippen LogP contribution >= 0.6 is 0 Å². The first-order chi connectivity index (χ1) is 15.3. The predicted molar refractivity (Wildman–Crippen MR) is 120 cm³/mol. The van der Waals surface area contributed by atoms with Crippen LogP contribution in [0.4, 0.5) is 4.39 Å². The lowest BCUT2D eigenvalue weighted by molar-refractivity contribution is -0.141. The van der Waals surface area contributed by atoms with Crippen molar-refractivity contribution in [3.8, 4) is 0 Å². The Morgan fingerprint density at radius 1 is 1.00 bits per heavy atom. The highest BCUT2D eigenvalue weighted by Crippen LogP contribution is 2.32. The number of benzene rings is 3. The van der Waals surface area contributed by atoms with Gasteiger partial charge >= 0.3 is 5.97 Å². The van der Waals surface area contributed by atoms with Crippen molar-refractivity contribution in [1.82, 2.24) is 4.57 Å². The highest BCUT2D eigenvalue weighted by atomic mass is 32.2. The standard InChI is InChI=1S/C25H22FNO4S/c1-17-21(22-15-19(26)12-13-23(22)27(17)16-25(28)31-2)14-18-8-6-7-11-24(18)32(29,30)20-9-4-3-5-10-20/h3-13,15H,14,16H2,1-2H3. The van der Waals surface area contributed by atoms with Crippen LogP contribution in [0.15, 0.2) is 82.6 Å². The second-order valence-corrected chi connectivity index (χ2v) is 9.41. The second-order valence-electron chi connectivity index (χ2n) is 7.49. The van der Waals surface area contributed by atoms with Gasteiger partial charge in [0.1, 0.15) is 12.4 Å². The maximum Gasteiger partial charge on any atom is 0.325 e. The summed E-state index contributed by atoms with van der Waals surface area (Å²) in [7, 11) is -2.42. The molecule has 164 valence electrons. The van der Waals surface area contributed by atoms with Crippen molar-refractivity contribution >= 4 is 26.7 Å². The molecule has 32 heavy (non-hydrogen) atoms. The van der Waals surface area contributed by atoms with E-state index in [4.69, 9.17) is 4.74 Å². The summed E-state index contributed by atoms with van der Waals surface area (Å²) in [5.41, 5.74) is 2.80. The van der Waals surface area contributed by atoms with E-state index in [1.54, 1.807) is 65.2 Å². The highest BCUT2D eigenvalue weighted by molar-refractivity contribution is 7.91.